The maximum absolute atomic E-state index is 6.16. The van der Waals surface area contributed by atoms with E-state index >= 15 is 0 Å². The van der Waals surface area contributed by atoms with Crippen molar-refractivity contribution >= 4 is 0 Å². The molecular formula is C12H17N. The van der Waals surface area contributed by atoms with E-state index in [0.29, 0.717) is 5.92 Å². The largest absolute Gasteiger partial charge is 0.324 e. The number of nitrogens with two attached hydrogens (primary N) is 1. The Morgan fingerprint density at radius 1 is 1.38 bits per heavy atom. The molecular weight excluding hydrogens is 158 g/mol. The molecule has 1 aromatic carbocycles. The molecule has 2 N–H and O–H groups in total. The maximum Gasteiger partial charge on any atom is 0.0323 e. The molecule has 13 heavy (non-hydrogen) atoms. The van der Waals surface area contributed by atoms with Gasteiger partial charge >= 0.3 is 0 Å². The van der Waals surface area contributed by atoms with Crippen LogP contribution in [0.15, 0.2) is 18.2 Å². The topological polar surface area (TPSA) is 26.0 Å². The van der Waals surface area contributed by atoms with E-state index in [0.717, 1.165) is 0 Å². The monoisotopic (exact) mass is 175 g/mol. The summed E-state index contributed by atoms with van der Waals surface area (Å²) in [5.74, 6) is 0.634. The van der Waals surface area contributed by atoms with Gasteiger partial charge in [0.15, 0.2) is 0 Å². The quantitative estimate of drug-likeness (QED) is 0.644. The fraction of sp³-hybridized carbons (Fsp3) is 0.500. The van der Waals surface area contributed by atoms with Gasteiger partial charge in [-0.1, -0.05) is 25.1 Å². The fourth-order valence-electron chi connectivity index (χ4n) is 2.24. The highest BCUT2D eigenvalue weighted by atomic mass is 14.7. The van der Waals surface area contributed by atoms with Crippen LogP contribution in [0.1, 0.15) is 36.1 Å². The molecule has 1 aromatic rings. The Morgan fingerprint density at radius 3 is 2.92 bits per heavy atom. The van der Waals surface area contributed by atoms with Crippen molar-refractivity contribution < 1.29 is 0 Å². The Morgan fingerprint density at radius 2 is 2.15 bits per heavy atom. The molecule has 2 rings (SSSR count). The summed E-state index contributed by atoms with van der Waals surface area (Å²) in [6, 6.07) is 6.74. The summed E-state index contributed by atoms with van der Waals surface area (Å²) >= 11 is 0. The second kappa shape index (κ2) is 3.15. The lowest BCUT2D eigenvalue weighted by Gasteiger charge is -2.29. The third-order valence-electron chi connectivity index (χ3n) is 3.27. The van der Waals surface area contributed by atoms with Gasteiger partial charge < -0.3 is 5.73 Å². The number of hydrogen-bond acceptors (Lipinski definition) is 1. The molecule has 0 radical (unpaired) electrons. The third kappa shape index (κ3) is 1.37. The number of fused-ring (bicyclic) bond motifs is 1. The Bertz CT molecular complexity index is 317. The van der Waals surface area contributed by atoms with Crippen molar-refractivity contribution in [2.24, 2.45) is 11.7 Å². The highest BCUT2D eigenvalue weighted by Gasteiger charge is 2.23. The molecule has 2 unspecified atom stereocenters. The minimum atomic E-state index is 0.253. The molecule has 0 spiro atoms. The molecule has 2 atom stereocenters. The summed E-state index contributed by atoms with van der Waals surface area (Å²) in [6.45, 7) is 4.43. The van der Waals surface area contributed by atoms with Crippen molar-refractivity contribution in [1.82, 2.24) is 0 Å². The summed E-state index contributed by atoms with van der Waals surface area (Å²) in [5, 5.41) is 0. The average molecular weight is 175 g/mol. The van der Waals surface area contributed by atoms with Gasteiger partial charge in [-0.3, -0.25) is 0 Å². The molecule has 0 bridgehead atoms. The van der Waals surface area contributed by atoms with Gasteiger partial charge in [0.1, 0.15) is 0 Å². The van der Waals surface area contributed by atoms with E-state index in [2.05, 4.69) is 32.0 Å². The van der Waals surface area contributed by atoms with E-state index in [-0.39, 0.29) is 6.04 Å². The zero-order valence-electron chi connectivity index (χ0n) is 8.38. The lowest BCUT2D eigenvalue weighted by Crippen LogP contribution is -2.25. The lowest BCUT2D eigenvalue weighted by molar-refractivity contribution is 0.411. The summed E-state index contributed by atoms with van der Waals surface area (Å²) in [5.41, 5.74) is 10.4. The first kappa shape index (κ1) is 8.76. The van der Waals surface area contributed by atoms with Crippen LogP contribution in [0.3, 0.4) is 0 Å². The Hall–Kier alpha value is -0.820. The highest BCUT2D eigenvalue weighted by Crippen LogP contribution is 2.33. The minimum absolute atomic E-state index is 0.253. The second-order valence-electron chi connectivity index (χ2n) is 4.18. The SMILES string of the molecule is Cc1cccc2c1CCC(C)C2N. The summed E-state index contributed by atoms with van der Waals surface area (Å²) in [4.78, 5) is 0. The van der Waals surface area contributed by atoms with Crippen molar-refractivity contribution in [3.63, 3.8) is 0 Å². The standard InChI is InChI=1S/C12H17N/c1-8-4-3-5-11-10(8)7-6-9(2)12(11)13/h3-5,9,12H,6-7,13H2,1-2H3. The molecule has 0 fully saturated rings. The van der Waals surface area contributed by atoms with Crippen molar-refractivity contribution in [3.8, 4) is 0 Å². The smallest absolute Gasteiger partial charge is 0.0323 e. The third-order valence-corrected chi connectivity index (χ3v) is 3.27. The normalized spacial score (nSPS) is 27.0. The Labute approximate surface area is 80.0 Å². The van der Waals surface area contributed by atoms with Crippen molar-refractivity contribution in [2.75, 3.05) is 0 Å². The number of rotatable bonds is 0. The van der Waals surface area contributed by atoms with Crippen LogP contribution in [0, 0.1) is 12.8 Å². The predicted octanol–water partition coefficient (Wildman–Crippen LogP) is 2.58. The molecule has 0 aliphatic heterocycles. The van der Waals surface area contributed by atoms with Gasteiger partial charge in [0, 0.05) is 6.04 Å². The van der Waals surface area contributed by atoms with Crippen molar-refractivity contribution in [1.29, 1.82) is 0 Å². The van der Waals surface area contributed by atoms with Gasteiger partial charge in [-0.15, -0.1) is 0 Å². The van der Waals surface area contributed by atoms with E-state index in [1.54, 1.807) is 0 Å². The van der Waals surface area contributed by atoms with E-state index in [1.165, 1.54) is 29.5 Å². The molecule has 0 saturated heterocycles. The van der Waals surface area contributed by atoms with Gasteiger partial charge in [-0.25, -0.2) is 0 Å². The van der Waals surface area contributed by atoms with E-state index in [1.807, 2.05) is 0 Å². The van der Waals surface area contributed by atoms with Gasteiger partial charge in [0.2, 0.25) is 0 Å². The van der Waals surface area contributed by atoms with Gasteiger partial charge in [-0.2, -0.15) is 0 Å². The molecule has 1 aliphatic carbocycles. The van der Waals surface area contributed by atoms with Crippen LogP contribution in [0.4, 0.5) is 0 Å². The summed E-state index contributed by atoms with van der Waals surface area (Å²) in [7, 11) is 0. The lowest BCUT2D eigenvalue weighted by atomic mass is 9.80. The first-order valence-corrected chi connectivity index (χ1v) is 5.04. The van der Waals surface area contributed by atoms with Crippen molar-refractivity contribution in [3.05, 3.63) is 34.9 Å². The average Bonchev–Trinajstić information content (AvgIpc) is 2.12. The number of benzene rings is 1. The summed E-state index contributed by atoms with van der Waals surface area (Å²) < 4.78 is 0. The number of aryl methyl sites for hydroxylation is 1. The van der Waals surface area contributed by atoms with E-state index < -0.39 is 0 Å². The molecule has 1 nitrogen and oxygen atoms in total. The molecule has 1 heteroatoms. The van der Waals surface area contributed by atoms with E-state index in [9.17, 15) is 0 Å². The Balaban J connectivity index is 2.49. The molecule has 0 aromatic heterocycles. The van der Waals surface area contributed by atoms with E-state index in [4.69, 9.17) is 5.73 Å². The predicted molar refractivity (Wildman–Crippen MR) is 55.6 cm³/mol. The maximum atomic E-state index is 6.16. The van der Waals surface area contributed by atoms with Gasteiger partial charge in [0.05, 0.1) is 0 Å². The fourth-order valence-corrected chi connectivity index (χ4v) is 2.24. The van der Waals surface area contributed by atoms with Crippen LogP contribution < -0.4 is 5.73 Å². The van der Waals surface area contributed by atoms with Crippen LogP contribution in [-0.4, -0.2) is 0 Å². The molecule has 0 amide bonds. The van der Waals surface area contributed by atoms with Crippen LogP contribution in [0.2, 0.25) is 0 Å². The van der Waals surface area contributed by atoms with Crippen molar-refractivity contribution in [2.45, 2.75) is 32.7 Å². The molecule has 0 saturated carbocycles. The van der Waals surface area contributed by atoms with Crippen LogP contribution >= 0.6 is 0 Å². The Kier molecular flexibility index (Phi) is 2.12. The molecule has 70 valence electrons. The van der Waals surface area contributed by atoms with Gasteiger partial charge in [0.25, 0.3) is 0 Å². The first-order chi connectivity index (χ1) is 6.20. The van der Waals surface area contributed by atoms with Crippen LogP contribution in [0.5, 0.6) is 0 Å². The first-order valence-electron chi connectivity index (χ1n) is 5.04. The zero-order valence-corrected chi connectivity index (χ0v) is 8.38. The molecule has 0 heterocycles. The minimum Gasteiger partial charge on any atom is -0.324 e. The molecule has 1 aliphatic rings. The van der Waals surface area contributed by atoms with Crippen LogP contribution in [-0.2, 0) is 6.42 Å². The summed E-state index contributed by atoms with van der Waals surface area (Å²) in [6.07, 6.45) is 2.44. The number of hydrogen-bond donors (Lipinski definition) is 1. The zero-order chi connectivity index (χ0) is 9.42. The highest BCUT2D eigenvalue weighted by molar-refractivity contribution is 5.38. The van der Waals surface area contributed by atoms with Gasteiger partial charge in [-0.05, 0) is 42.4 Å². The second-order valence-corrected chi connectivity index (χ2v) is 4.18. The van der Waals surface area contributed by atoms with Crippen LogP contribution in [0.25, 0.3) is 0 Å².